The lowest BCUT2D eigenvalue weighted by Gasteiger charge is -2.24. The van der Waals surface area contributed by atoms with Crippen LogP contribution in [-0.2, 0) is 13.6 Å². The van der Waals surface area contributed by atoms with Gasteiger partial charge in [0, 0.05) is 12.1 Å². The van der Waals surface area contributed by atoms with Gasteiger partial charge in [0.15, 0.2) is 0 Å². The van der Waals surface area contributed by atoms with Gasteiger partial charge in [-0.05, 0) is 50.9 Å². The van der Waals surface area contributed by atoms with Crippen LogP contribution in [0.4, 0.5) is 0 Å². The number of nitrogens with one attached hydrogen (secondary N) is 2. The Hall–Kier alpha value is -0.910. The van der Waals surface area contributed by atoms with Gasteiger partial charge in [0.1, 0.15) is 5.75 Å². The number of para-hydroxylation sites is 1. The average Bonchev–Trinajstić information content (AvgIpc) is 2.74. The Bertz CT molecular complexity index is 533. The van der Waals surface area contributed by atoms with Crippen LogP contribution in [0.5, 0.6) is 5.75 Å². The van der Waals surface area contributed by atoms with Crippen LogP contribution in [-0.4, -0.2) is 38.4 Å². The molecule has 0 amide bonds. The molecule has 168 valence electrons. The molecule has 0 aliphatic carbocycles. The van der Waals surface area contributed by atoms with Crippen molar-refractivity contribution in [2.24, 2.45) is 0 Å². The van der Waals surface area contributed by atoms with Gasteiger partial charge >= 0.3 is 7.82 Å². The highest BCUT2D eigenvalue weighted by atomic mass is 31.2. The van der Waals surface area contributed by atoms with Crippen molar-refractivity contribution < 1.29 is 18.1 Å². The molecule has 0 saturated carbocycles. The van der Waals surface area contributed by atoms with Crippen LogP contribution < -0.4 is 15.2 Å². The van der Waals surface area contributed by atoms with Gasteiger partial charge < -0.3 is 15.2 Å². The molecule has 2 N–H and O–H groups in total. The zero-order chi connectivity index (χ0) is 21.4. The summed E-state index contributed by atoms with van der Waals surface area (Å²) in [6.45, 7) is 10.9. The van der Waals surface area contributed by atoms with E-state index in [1.807, 2.05) is 18.2 Å². The molecule has 0 spiro atoms. The molecular formula is C22H41N2O4P. The second-order valence-electron chi connectivity index (χ2n) is 7.27. The van der Waals surface area contributed by atoms with Crippen LogP contribution >= 0.6 is 7.82 Å². The lowest BCUT2D eigenvalue weighted by atomic mass is 10.2. The van der Waals surface area contributed by atoms with Crippen LogP contribution in [0.2, 0.25) is 0 Å². The van der Waals surface area contributed by atoms with Crippen molar-refractivity contribution in [2.75, 3.05) is 26.3 Å². The van der Waals surface area contributed by atoms with Gasteiger partial charge in [-0.15, -0.1) is 0 Å². The normalized spacial score (nSPS) is 15.6. The minimum atomic E-state index is -3.73. The average molecular weight is 429 g/mol. The van der Waals surface area contributed by atoms with E-state index in [9.17, 15) is 4.57 Å². The molecule has 6 nitrogen and oxygen atoms in total. The quantitative estimate of drug-likeness (QED) is 0.236. The van der Waals surface area contributed by atoms with E-state index < -0.39 is 7.82 Å². The smallest absolute Gasteiger partial charge is 0.404 e. The summed E-state index contributed by atoms with van der Waals surface area (Å²) < 4.78 is 30.6. The highest BCUT2D eigenvalue weighted by molar-refractivity contribution is 7.48. The highest BCUT2D eigenvalue weighted by Crippen LogP contribution is 2.49. The standard InChI is InChI=1S/C22H41N2O4P/c1-5-9-16-23-20(7-3)18-26-29(25,28-22-14-12-11-13-15-22)27-19-21(8-4)24-17-10-6-2/h11-15,20-21,23-24H,5-10,16-19H2,1-4H3. The van der Waals surface area contributed by atoms with Crippen molar-refractivity contribution in [1.82, 2.24) is 10.6 Å². The van der Waals surface area contributed by atoms with Crippen molar-refractivity contribution in [3.8, 4) is 5.75 Å². The molecular weight excluding hydrogens is 387 g/mol. The summed E-state index contributed by atoms with van der Waals surface area (Å²) in [6.07, 6.45) is 6.23. The predicted octanol–water partition coefficient (Wildman–Crippen LogP) is 5.54. The van der Waals surface area contributed by atoms with E-state index in [2.05, 4.69) is 38.3 Å². The molecule has 0 aliphatic heterocycles. The Morgan fingerprint density at radius 2 is 1.31 bits per heavy atom. The van der Waals surface area contributed by atoms with E-state index in [4.69, 9.17) is 13.6 Å². The fourth-order valence-corrected chi connectivity index (χ4v) is 3.96. The third-order valence-electron chi connectivity index (χ3n) is 4.74. The maximum atomic E-state index is 13.4. The Morgan fingerprint density at radius 3 is 1.72 bits per heavy atom. The summed E-state index contributed by atoms with van der Waals surface area (Å²) in [5, 5.41) is 6.90. The molecule has 0 fully saturated rings. The maximum Gasteiger partial charge on any atom is 0.530 e. The fraction of sp³-hybridized carbons (Fsp3) is 0.727. The zero-order valence-corrected chi connectivity index (χ0v) is 19.6. The summed E-state index contributed by atoms with van der Waals surface area (Å²) in [6, 6.07) is 9.30. The fourth-order valence-electron chi connectivity index (χ4n) is 2.67. The number of rotatable bonds is 18. The van der Waals surface area contributed by atoms with E-state index in [1.165, 1.54) is 0 Å². The van der Waals surface area contributed by atoms with Crippen LogP contribution in [0.3, 0.4) is 0 Å². The highest BCUT2D eigenvalue weighted by Gasteiger charge is 2.31. The minimum absolute atomic E-state index is 0.113. The molecule has 1 aromatic carbocycles. The molecule has 0 aliphatic rings. The summed E-state index contributed by atoms with van der Waals surface area (Å²) in [5.74, 6) is 0.481. The first kappa shape index (κ1) is 26.1. The van der Waals surface area contributed by atoms with Gasteiger partial charge in [0.2, 0.25) is 0 Å². The third kappa shape index (κ3) is 11.8. The minimum Gasteiger partial charge on any atom is -0.404 e. The van der Waals surface area contributed by atoms with Gasteiger partial charge in [-0.3, -0.25) is 9.05 Å². The summed E-state index contributed by atoms with van der Waals surface area (Å²) >= 11 is 0. The van der Waals surface area contributed by atoms with Crippen LogP contribution in [0, 0.1) is 0 Å². The molecule has 1 aromatic rings. The maximum absolute atomic E-state index is 13.4. The summed E-state index contributed by atoms with van der Waals surface area (Å²) in [4.78, 5) is 0. The van der Waals surface area contributed by atoms with Gasteiger partial charge in [-0.1, -0.05) is 58.7 Å². The molecule has 29 heavy (non-hydrogen) atoms. The van der Waals surface area contributed by atoms with Crippen LogP contribution in [0.1, 0.15) is 66.2 Å². The number of hydrogen-bond donors (Lipinski definition) is 2. The third-order valence-corrected chi connectivity index (χ3v) is 6.11. The Labute approximate surface area is 177 Å². The van der Waals surface area contributed by atoms with E-state index in [0.29, 0.717) is 5.75 Å². The van der Waals surface area contributed by atoms with Crippen molar-refractivity contribution in [1.29, 1.82) is 0 Å². The number of hydrogen-bond acceptors (Lipinski definition) is 6. The van der Waals surface area contributed by atoms with Crippen molar-refractivity contribution in [3.05, 3.63) is 30.3 Å². The second-order valence-corrected chi connectivity index (χ2v) is 8.86. The Morgan fingerprint density at radius 1 is 0.828 bits per heavy atom. The molecule has 0 saturated heterocycles. The summed E-state index contributed by atoms with van der Waals surface area (Å²) in [5.41, 5.74) is 0. The largest absolute Gasteiger partial charge is 0.530 e. The zero-order valence-electron chi connectivity index (χ0n) is 18.7. The van der Waals surface area contributed by atoms with Gasteiger partial charge in [0.25, 0.3) is 0 Å². The van der Waals surface area contributed by atoms with Gasteiger partial charge in [-0.25, -0.2) is 4.57 Å². The van der Waals surface area contributed by atoms with Crippen molar-refractivity contribution in [2.45, 2.75) is 78.3 Å². The number of phosphoric acid groups is 1. The monoisotopic (exact) mass is 428 g/mol. The number of unbranched alkanes of at least 4 members (excludes halogenated alkanes) is 2. The van der Waals surface area contributed by atoms with Gasteiger partial charge in [0.05, 0.1) is 13.2 Å². The molecule has 1 rings (SSSR count). The first-order chi connectivity index (χ1) is 14.1. The van der Waals surface area contributed by atoms with Crippen molar-refractivity contribution in [3.63, 3.8) is 0 Å². The number of phosphoric ester groups is 1. The second kappa shape index (κ2) is 15.9. The molecule has 0 radical (unpaired) electrons. The molecule has 0 aromatic heterocycles. The lowest BCUT2D eigenvalue weighted by Crippen LogP contribution is -2.35. The Balaban J connectivity index is 2.70. The van der Waals surface area contributed by atoms with E-state index >= 15 is 0 Å². The van der Waals surface area contributed by atoms with Crippen LogP contribution in [0.15, 0.2) is 30.3 Å². The SMILES string of the molecule is CCCCNC(CC)COP(=O)(OCC(CC)NCCCC)Oc1ccccc1. The topological polar surface area (TPSA) is 68.8 Å². The van der Waals surface area contributed by atoms with Crippen LogP contribution in [0.25, 0.3) is 0 Å². The molecule has 0 heterocycles. The van der Waals surface area contributed by atoms with E-state index in [0.717, 1.165) is 51.6 Å². The lowest BCUT2D eigenvalue weighted by molar-refractivity contribution is 0.131. The first-order valence-electron chi connectivity index (χ1n) is 11.2. The predicted molar refractivity (Wildman–Crippen MR) is 121 cm³/mol. The molecule has 2 atom stereocenters. The molecule has 7 heteroatoms. The summed E-state index contributed by atoms with van der Waals surface area (Å²) in [7, 11) is -3.73. The van der Waals surface area contributed by atoms with Gasteiger partial charge in [-0.2, -0.15) is 0 Å². The van der Waals surface area contributed by atoms with E-state index in [-0.39, 0.29) is 25.3 Å². The molecule has 0 bridgehead atoms. The van der Waals surface area contributed by atoms with E-state index in [1.54, 1.807) is 12.1 Å². The molecule has 2 unspecified atom stereocenters. The first-order valence-corrected chi connectivity index (χ1v) is 12.6. The number of benzene rings is 1. The Kier molecular flexibility index (Phi) is 14.3. The van der Waals surface area contributed by atoms with Crippen molar-refractivity contribution >= 4 is 7.82 Å².